The Morgan fingerprint density at radius 3 is 3.07 bits per heavy atom. The van der Waals surface area contributed by atoms with Gasteiger partial charge in [0.15, 0.2) is 0 Å². The van der Waals surface area contributed by atoms with Crippen molar-refractivity contribution >= 4 is 0 Å². The Morgan fingerprint density at radius 1 is 1.67 bits per heavy atom. The second-order valence-electron chi connectivity index (χ2n) is 4.39. The molecule has 0 bridgehead atoms. The van der Waals surface area contributed by atoms with E-state index in [-0.39, 0.29) is 6.54 Å². The summed E-state index contributed by atoms with van der Waals surface area (Å²) in [7, 11) is 0. The Labute approximate surface area is 90.1 Å². The molecule has 84 valence electrons. The lowest BCUT2D eigenvalue weighted by Gasteiger charge is -2.23. The Hall–Kier alpha value is -0.870. The summed E-state index contributed by atoms with van der Waals surface area (Å²) >= 11 is 0. The molecule has 0 fully saturated rings. The zero-order chi connectivity index (χ0) is 11.0. The van der Waals surface area contributed by atoms with Crippen LogP contribution >= 0.6 is 0 Å². The summed E-state index contributed by atoms with van der Waals surface area (Å²) in [6.07, 6.45) is 1.78. The summed E-state index contributed by atoms with van der Waals surface area (Å²) in [4.78, 5) is 4.55. The summed E-state index contributed by atoms with van der Waals surface area (Å²) < 4.78 is 2.15. The van der Waals surface area contributed by atoms with E-state index in [0.717, 1.165) is 30.2 Å². The number of aryl methyl sites for hydroxylation is 1. The van der Waals surface area contributed by atoms with Gasteiger partial charge < -0.3 is 15.4 Å². The van der Waals surface area contributed by atoms with Gasteiger partial charge in [-0.05, 0) is 19.8 Å². The van der Waals surface area contributed by atoms with Gasteiger partial charge in [-0.2, -0.15) is 0 Å². The Morgan fingerprint density at radius 2 is 2.40 bits per heavy atom. The average Bonchev–Trinajstić information content (AvgIpc) is 2.55. The SMILES string of the molecule is Cc1nc2n(c1C(O)CN)CCCC2C. The van der Waals surface area contributed by atoms with Crippen LogP contribution in [0.3, 0.4) is 0 Å². The number of imidazole rings is 1. The quantitative estimate of drug-likeness (QED) is 0.766. The first-order valence-electron chi connectivity index (χ1n) is 5.60. The number of aliphatic hydroxyl groups is 1. The van der Waals surface area contributed by atoms with Crippen molar-refractivity contribution in [1.82, 2.24) is 9.55 Å². The molecule has 0 aromatic carbocycles. The minimum Gasteiger partial charge on any atom is -0.385 e. The molecule has 2 atom stereocenters. The third-order valence-electron chi connectivity index (χ3n) is 3.22. The monoisotopic (exact) mass is 209 g/mol. The van der Waals surface area contributed by atoms with Crippen molar-refractivity contribution in [3.8, 4) is 0 Å². The summed E-state index contributed by atoms with van der Waals surface area (Å²) in [5.41, 5.74) is 7.35. The lowest BCUT2D eigenvalue weighted by molar-refractivity contribution is 0.174. The highest BCUT2D eigenvalue weighted by Crippen LogP contribution is 2.30. The largest absolute Gasteiger partial charge is 0.385 e. The van der Waals surface area contributed by atoms with E-state index in [1.54, 1.807) is 0 Å². The minimum absolute atomic E-state index is 0.264. The summed E-state index contributed by atoms with van der Waals surface area (Å²) in [6.45, 7) is 5.37. The molecule has 2 heterocycles. The molecule has 0 radical (unpaired) electrons. The smallest absolute Gasteiger partial charge is 0.112 e. The number of aromatic nitrogens is 2. The van der Waals surface area contributed by atoms with Crippen molar-refractivity contribution in [3.63, 3.8) is 0 Å². The van der Waals surface area contributed by atoms with Crippen LogP contribution in [-0.2, 0) is 6.54 Å². The number of nitrogens with zero attached hydrogens (tertiary/aromatic N) is 2. The van der Waals surface area contributed by atoms with Gasteiger partial charge in [-0.1, -0.05) is 6.92 Å². The third-order valence-corrected chi connectivity index (χ3v) is 3.22. The first-order valence-corrected chi connectivity index (χ1v) is 5.60. The molecule has 2 unspecified atom stereocenters. The average molecular weight is 209 g/mol. The van der Waals surface area contributed by atoms with Crippen LogP contribution in [0.5, 0.6) is 0 Å². The highest BCUT2D eigenvalue weighted by atomic mass is 16.3. The van der Waals surface area contributed by atoms with E-state index in [9.17, 15) is 5.11 Å². The summed E-state index contributed by atoms with van der Waals surface area (Å²) in [6, 6.07) is 0. The van der Waals surface area contributed by atoms with Crippen LogP contribution in [0, 0.1) is 6.92 Å². The van der Waals surface area contributed by atoms with Crippen LogP contribution < -0.4 is 5.73 Å². The first-order chi connectivity index (χ1) is 7.15. The van der Waals surface area contributed by atoms with Crippen LogP contribution in [0.1, 0.15) is 49.0 Å². The fourth-order valence-corrected chi connectivity index (χ4v) is 2.44. The van der Waals surface area contributed by atoms with E-state index in [1.165, 1.54) is 6.42 Å². The molecular weight excluding hydrogens is 190 g/mol. The maximum atomic E-state index is 9.86. The topological polar surface area (TPSA) is 64.1 Å². The van der Waals surface area contributed by atoms with E-state index in [4.69, 9.17) is 5.73 Å². The van der Waals surface area contributed by atoms with E-state index >= 15 is 0 Å². The van der Waals surface area contributed by atoms with Gasteiger partial charge in [0.1, 0.15) is 11.9 Å². The van der Waals surface area contributed by atoms with Crippen molar-refractivity contribution < 1.29 is 5.11 Å². The van der Waals surface area contributed by atoms with Crippen LogP contribution in [0.2, 0.25) is 0 Å². The second-order valence-corrected chi connectivity index (χ2v) is 4.39. The lowest BCUT2D eigenvalue weighted by atomic mass is 10.0. The minimum atomic E-state index is -0.573. The fourth-order valence-electron chi connectivity index (χ4n) is 2.44. The molecule has 0 saturated heterocycles. The molecule has 3 N–H and O–H groups in total. The van der Waals surface area contributed by atoms with Crippen LogP contribution in [0.25, 0.3) is 0 Å². The molecule has 1 aliphatic heterocycles. The number of nitrogens with two attached hydrogens (primary N) is 1. The molecular formula is C11H19N3O. The summed E-state index contributed by atoms with van der Waals surface area (Å²) in [5, 5.41) is 9.86. The van der Waals surface area contributed by atoms with Gasteiger partial charge in [0.05, 0.1) is 11.4 Å². The normalized spacial score (nSPS) is 22.5. The Kier molecular flexibility index (Phi) is 2.80. The van der Waals surface area contributed by atoms with E-state index < -0.39 is 6.10 Å². The summed E-state index contributed by atoms with van der Waals surface area (Å²) in [5.74, 6) is 1.61. The number of hydrogen-bond acceptors (Lipinski definition) is 3. The van der Waals surface area contributed by atoms with E-state index in [1.807, 2.05) is 6.92 Å². The van der Waals surface area contributed by atoms with Gasteiger partial charge >= 0.3 is 0 Å². The predicted molar refractivity (Wildman–Crippen MR) is 58.6 cm³/mol. The van der Waals surface area contributed by atoms with Gasteiger partial charge in [-0.3, -0.25) is 0 Å². The zero-order valence-electron chi connectivity index (χ0n) is 9.40. The molecule has 1 aliphatic rings. The molecule has 0 spiro atoms. The fraction of sp³-hybridized carbons (Fsp3) is 0.727. The highest BCUT2D eigenvalue weighted by Gasteiger charge is 2.25. The van der Waals surface area contributed by atoms with Gasteiger partial charge in [-0.25, -0.2) is 4.98 Å². The molecule has 15 heavy (non-hydrogen) atoms. The van der Waals surface area contributed by atoms with E-state index in [2.05, 4.69) is 16.5 Å². The van der Waals surface area contributed by atoms with Gasteiger partial charge in [0.25, 0.3) is 0 Å². The molecule has 0 aliphatic carbocycles. The third kappa shape index (κ3) is 1.68. The Balaban J connectivity index is 2.46. The molecule has 4 heteroatoms. The van der Waals surface area contributed by atoms with Gasteiger partial charge in [0, 0.05) is 19.0 Å². The zero-order valence-corrected chi connectivity index (χ0v) is 9.40. The van der Waals surface area contributed by atoms with Crippen molar-refractivity contribution in [2.45, 2.75) is 45.3 Å². The van der Waals surface area contributed by atoms with Gasteiger partial charge in [-0.15, -0.1) is 0 Å². The van der Waals surface area contributed by atoms with Crippen molar-refractivity contribution in [1.29, 1.82) is 0 Å². The van der Waals surface area contributed by atoms with Crippen molar-refractivity contribution in [2.75, 3.05) is 6.54 Å². The molecule has 0 saturated carbocycles. The number of rotatable bonds is 2. The van der Waals surface area contributed by atoms with Crippen molar-refractivity contribution in [3.05, 3.63) is 17.2 Å². The molecule has 0 amide bonds. The van der Waals surface area contributed by atoms with Crippen LogP contribution in [-0.4, -0.2) is 21.2 Å². The molecule has 4 nitrogen and oxygen atoms in total. The standard InChI is InChI=1S/C11H19N3O/c1-7-4-3-5-14-10(9(15)6-12)8(2)13-11(7)14/h7,9,15H,3-6,12H2,1-2H3. The van der Waals surface area contributed by atoms with Crippen LogP contribution in [0.4, 0.5) is 0 Å². The number of aliphatic hydroxyl groups excluding tert-OH is 1. The van der Waals surface area contributed by atoms with Gasteiger partial charge in [0.2, 0.25) is 0 Å². The first kappa shape index (κ1) is 10.6. The number of fused-ring (bicyclic) bond motifs is 1. The van der Waals surface area contributed by atoms with E-state index in [0.29, 0.717) is 5.92 Å². The molecule has 1 aromatic heterocycles. The predicted octanol–water partition coefficient (Wildman–Crippen LogP) is 1.08. The highest BCUT2D eigenvalue weighted by molar-refractivity contribution is 5.21. The maximum Gasteiger partial charge on any atom is 0.112 e. The maximum absolute atomic E-state index is 9.86. The Bertz CT molecular complexity index is 359. The molecule has 2 rings (SSSR count). The lowest BCUT2D eigenvalue weighted by Crippen LogP contribution is -2.21. The molecule has 1 aromatic rings. The second kappa shape index (κ2) is 3.94. The van der Waals surface area contributed by atoms with Crippen molar-refractivity contribution in [2.24, 2.45) is 5.73 Å². The van der Waals surface area contributed by atoms with Crippen LogP contribution in [0.15, 0.2) is 0 Å². The number of hydrogen-bond donors (Lipinski definition) is 2.